The third-order valence-electron chi connectivity index (χ3n) is 15.0. The van der Waals surface area contributed by atoms with Crippen LogP contribution >= 0.6 is 23.5 Å². The van der Waals surface area contributed by atoms with Gasteiger partial charge in [-0.25, -0.2) is 8.78 Å². The normalized spacial score (nSPS) is 19.6. The Morgan fingerprint density at radius 3 is 1.60 bits per heavy atom. The number of amides is 2. The summed E-state index contributed by atoms with van der Waals surface area (Å²) in [4.78, 5) is 67.4. The number of aromatic nitrogens is 4. The van der Waals surface area contributed by atoms with Crippen LogP contribution < -0.4 is 11.1 Å². The second-order valence-corrected chi connectivity index (χ2v) is 23.5. The van der Waals surface area contributed by atoms with Gasteiger partial charge in [0.1, 0.15) is 24.7 Å². The molecule has 0 fully saturated rings. The molecular weight excluding hydrogens is 1280 g/mol. The van der Waals surface area contributed by atoms with Crippen molar-refractivity contribution < 1.29 is 77.6 Å². The largest absolute Gasteiger partial charge is 0.416 e. The summed E-state index contributed by atoms with van der Waals surface area (Å²) in [5.74, 6) is -7.36. The summed E-state index contributed by atoms with van der Waals surface area (Å²) in [6.45, 7) is -7.88. The standard InChI is InChI=1S/2C37H40F4N4O2S/c1-4-43(5-2)18-19-44(22-26-6-10-28(11-7-26)29-12-14-30(15-13-29)37(39,40)41)34(46)23-45-33-21-25(3)20-32(33)35(47)42-36(45)48-24-27-8-16-31(38)17-9-27;1-4-43(5-2)19-20-44(22-26-9-13-28(14-10-26)29-15-18-32(25(3)21-29)37(39,40)41)34(46)23-45-33-8-6-7-31(33)35(47)42-36(45)48-24-27-11-16-30(38)17-12-27/h6-17,25H,4-5,18-24H2,1-3H3;9-18,21H,4-8,19-20,22-24H2,1-3H3/i8D,9D,16D,17D,18D2,19D2,20D2,21D2,25D;9D,10D,13D,14D,15D,18D,19D2,20D2,21D. The van der Waals surface area contributed by atoms with Crippen molar-refractivity contribution in [1.29, 1.82) is 0 Å². The van der Waals surface area contributed by atoms with E-state index in [1.54, 1.807) is 27.7 Å². The first kappa shape index (κ1) is 46.3. The van der Waals surface area contributed by atoms with E-state index in [4.69, 9.17) is 27.4 Å². The maximum absolute atomic E-state index is 14.7. The lowest BCUT2D eigenvalue weighted by molar-refractivity contribution is -0.138. The van der Waals surface area contributed by atoms with Crippen LogP contribution in [-0.2, 0) is 85.2 Å². The fraction of sp³-hybridized carbons (Fsp3) is 0.378. The van der Waals surface area contributed by atoms with E-state index < -0.39 is 240 Å². The van der Waals surface area contributed by atoms with Crippen LogP contribution in [0.1, 0.15) is 135 Å². The van der Waals surface area contributed by atoms with Crippen molar-refractivity contribution in [2.24, 2.45) is 5.89 Å². The van der Waals surface area contributed by atoms with Crippen molar-refractivity contribution in [1.82, 2.24) is 38.7 Å². The lowest BCUT2D eigenvalue weighted by atomic mass is 9.98. The van der Waals surface area contributed by atoms with E-state index in [9.17, 15) is 59.8 Å². The fourth-order valence-corrected chi connectivity index (χ4v) is 11.7. The molecule has 1 unspecified atom stereocenters. The molecule has 10 rings (SSSR count). The molecule has 2 aliphatic carbocycles. The molecule has 96 heavy (non-hydrogen) atoms. The Balaban J connectivity index is 0.000000273. The second kappa shape index (κ2) is 32.9. The zero-order valence-corrected chi connectivity index (χ0v) is 54.3. The molecule has 0 aliphatic heterocycles. The average molecular weight is 1390 g/mol. The molecule has 508 valence electrons. The number of alkyl halides is 6. The number of carbonyl (C=O) groups excluding carboxylic acids is 2. The zero-order chi connectivity index (χ0) is 90.1. The molecule has 0 radical (unpaired) electrons. The number of carbonyl (C=O) groups is 2. The number of fused-ring (bicyclic) bond motifs is 2. The minimum atomic E-state index is -5.12. The Kier molecular flexibility index (Phi) is 15.9. The number of hydrogen-bond donors (Lipinski definition) is 0. The highest BCUT2D eigenvalue weighted by Crippen LogP contribution is 2.36. The van der Waals surface area contributed by atoms with Crippen molar-refractivity contribution in [3.63, 3.8) is 0 Å². The van der Waals surface area contributed by atoms with Crippen LogP contribution in [0.15, 0.2) is 159 Å². The predicted octanol–water partition coefficient (Wildman–Crippen LogP) is 15.0. The summed E-state index contributed by atoms with van der Waals surface area (Å²) in [6.07, 6.45) is -14.5. The van der Waals surface area contributed by atoms with Gasteiger partial charge in [-0.1, -0.05) is 155 Å². The van der Waals surface area contributed by atoms with Crippen LogP contribution in [0.25, 0.3) is 22.3 Å². The number of rotatable bonds is 26. The summed E-state index contributed by atoms with van der Waals surface area (Å²) >= 11 is 1.53. The quantitative estimate of drug-likeness (QED) is 0.0295. The lowest BCUT2D eigenvalue weighted by Gasteiger charge is -2.28. The highest BCUT2D eigenvalue weighted by Gasteiger charge is 2.34. The summed E-state index contributed by atoms with van der Waals surface area (Å²) in [7, 11) is 0. The Labute approximate surface area is 597 Å². The van der Waals surface area contributed by atoms with Crippen LogP contribution in [-0.4, -0.2) is 103 Å². The van der Waals surface area contributed by atoms with Gasteiger partial charge in [-0.05, 0) is 163 Å². The molecule has 2 heterocycles. The molecule has 22 heteroatoms. The molecule has 0 bridgehead atoms. The van der Waals surface area contributed by atoms with E-state index >= 15 is 0 Å². The first-order valence-corrected chi connectivity index (χ1v) is 32.1. The van der Waals surface area contributed by atoms with Crippen molar-refractivity contribution in [2.45, 2.75) is 134 Å². The van der Waals surface area contributed by atoms with Crippen molar-refractivity contribution in [3.05, 3.63) is 233 Å². The molecule has 2 aromatic heterocycles. The van der Waals surface area contributed by atoms with Gasteiger partial charge < -0.3 is 28.7 Å². The SMILES string of the molecule is [2H]c1c([2H])c(-c2c([2H])c([2H])c(C(F)(F)F)c(C)c2[2H])c([2H])c([2H])c1CN(C(=O)Cn1c(SCc2ccc(F)cc2)nc(=O)c2c1CCC2)C([2H])([2H])C([2H])([2H])N(CC)CC.[2H]c1c([2H])c(CSc2nc(=O)c3c(n2CC(=O)N(Cc2ccc(-c4ccc(C(F)(F)F)cc4)cc2)C([2H])([2H])C([2H])([2H])N(CC)CC)C([2H])([2H])C([2H])(C)C3([2H])[2H])c([2H])c([2H])c1F. The smallest absolute Gasteiger partial charge is 0.336 e. The average Bonchev–Trinajstić information content (AvgIpc) is 1.52. The first-order chi connectivity index (χ1) is 55.4. The molecular formula is C74H80F8N8O4S2. The third kappa shape index (κ3) is 19.0. The van der Waals surface area contributed by atoms with Crippen molar-refractivity contribution in [2.75, 3.05) is 52.2 Å². The van der Waals surface area contributed by atoms with Gasteiger partial charge in [0.05, 0.1) is 31.7 Å². The van der Waals surface area contributed by atoms with E-state index in [0.717, 1.165) is 52.1 Å². The zero-order valence-electron chi connectivity index (χ0n) is 76.7. The first-order valence-electron chi connectivity index (χ1n) is 42.1. The highest BCUT2D eigenvalue weighted by molar-refractivity contribution is 7.98. The number of nitrogens with zero attached hydrogens (tertiary/aromatic N) is 8. The van der Waals surface area contributed by atoms with Crippen LogP contribution in [0.4, 0.5) is 35.1 Å². The van der Waals surface area contributed by atoms with Gasteiger partial charge in [-0.3, -0.25) is 19.2 Å². The van der Waals surface area contributed by atoms with Gasteiger partial charge in [-0.2, -0.15) is 36.3 Å². The molecule has 8 aromatic rings. The molecule has 1 atom stereocenters. The highest BCUT2D eigenvalue weighted by atomic mass is 32.2. The van der Waals surface area contributed by atoms with Gasteiger partial charge in [0.2, 0.25) is 11.8 Å². The molecule has 2 amide bonds. The fourth-order valence-electron chi connectivity index (χ4n) is 9.84. The third-order valence-corrected chi connectivity index (χ3v) is 17.1. The molecule has 0 N–H and O–H groups in total. The Morgan fingerprint density at radius 1 is 0.573 bits per heavy atom. The van der Waals surface area contributed by atoms with Crippen LogP contribution in [0.2, 0.25) is 0 Å². The molecule has 12 nitrogen and oxygen atoms in total. The summed E-state index contributed by atoms with van der Waals surface area (Å²) < 4.78 is 320. The van der Waals surface area contributed by atoms with E-state index in [1.807, 2.05) is 0 Å². The van der Waals surface area contributed by atoms with E-state index in [1.165, 1.54) is 65.2 Å². The lowest BCUT2D eigenvalue weighted by Crippen LogP contribution is -2.40. The summed E-state index contributed by atoms with van der Waals surface area (Å²) in [6, 6.07) is 4.93. The van der Waals surface area contributed by atoms with Gasteiger partial charge in [0, 0.05) is 85.4 Å². The van der Waals surface area contributed by atoms with E-state index in [2.05, 4.69) is 9.97 Å². The molecule has 0 spiro atoms. The molecule has 0 saturated heterocycles. The predicted molar refractivity (Wildman–Crippen MR) is 362 cm³/mol. The molecule has 0 saturated carbocycles. The second-order valence-electron chi connectivity index (χ2n) is 21.6. The van der Waals surface area contributed by atoms with Crippen LogP contribution in [0.5, 0.6) is 0 Å². The van der Waals surface area contributed by atoms with Crippen molar-refractivity contribution in [3.8, 4) is 22.3 Å². The topological polar surface area (TPSA) is 117 Å². The molecule has 2 aliphatic rings. The minimum Gasteiger partial charge on any atom is -0.336 e. The molecule has 6 aromatic carbocycles. The van der Waals surface area contributed by atoms with Gasteiger partial charge >= 0.3 is 12.4 Å². The van der Waals surface area contributed by atoms with Crippen LogP contribution in [0, 0.1) is 24.5 Å². The van der Waals surface area contributed by atoms with Gasteiger partial charge in [0.15, 0.2) is 10.3 Å². The summed E-state index contributed by atoms with van der Waals surface area (Å²) in [5, 5.41) is -0.490. The maximum Gasteiger partial charge on any atom is 0.416 e. The monoisotopic (exact) mass is 1380 g/mol. The Morgan fingerprint density at radius 2 is 1.06 bits per heavy atom. The number of likely N-dealkylation sites (N-methyl/N-ethyl adjacent to an activating group) is 2. The maximum atomic E-state index is 14.7. The van der Waals surface area contributed by atoms with Crippen LogP contribution in [0.3, 0.4) is 0 Å². The van der Waals surface area contributed by atoms with Gasteiger partial charge in [-0.15, -0.1) is 0 Å². The number of halogens is 8. The van der Waals surface area contributed by atoms with E-state index in [0.29, 0.717) is 68.8 Å². The Bertz CT molecular complexity index is 5320. The summed E-state index contributed by atoms with van der Waals surface area (Å²) in [5.41, 5.74) is -6.81. The minimum absolute atomic E-state index is 0.0123. The van der Waals surface area contributed by atoms with Crippen molar-refractivity contribution >= 4 is 35.3 Å². The Hall–Kier alpha value is -7.92. The van der Waals surface area contributed by atoms with E-state index in [-0.39, 0.29) is 48.2 Å². The number of benzene rings is 6. The van der Waals surface area contributed by atoms with Gasteiger partial charge in [0.25, 0.3) is 11.1 Å². The number of hydrogen-bond acceptors (Lipinski definition) is 10. The number of thioether (sulfide) groups is 2.